The average Bonchev–Trinajstić information content (AvgIpc) is 2.98. The molecule has 176 valence electrons. The van der Waals surface area contributed by atoms with Gasteiger partial charge in [0, 0.05) is 11.1 Å². The zero-order valence-corrected chi connectivity index (χ0v) is 19.9. The summed E-state index contributed by atoms with van der Waals surface area (Å²) in [5, 5.41) is 0. The van der Waals surface area contributed by atoms with Crippen LogP contribution in [0.3, 0.4) is 0 Å². The van der Waals surface area contributed by atoms with Gasteiger partial charge >= 0.3 is 0 Å². The summed E-state index contributed by atoms with van der Waals surface area (Å²) in [6.07, 6.45) is 0. The second-order valence-corrected chi connectivity index (χ2v) is 8.68. The van der Waals surface area contributed by atoms with Gasteiger partial charge < -0.3 is 0 Å². The van der Waals surface area contributed by atoms with Gasteiger partial charge in [0.25, 0.3) is 0 Å². The van der Waals surface area contributed by atoms with Crippen LogP contribution in [0.15, 0.2) is 133 Å². The number of halogens is 1. The highest BCUT2D eigenvalue weighted by Crippen LogP contribution is 2.31. The van der Waals surface area contributed by atoms with E-state index < -0.39 is 0 Å². The normalized spacial score (nSPS) is 10.8. The van der Waals surface area contributed by atoms with Crippen molar-refractivity contribution >= 4 is 0 Å². The Morgan fingerprint density at radius 1 is 0.351 bits per heavy atom. The van der Waals surface area contributed by atoms with E-state index in [1.165, 1.54) is 6.07 Å². The zero-order chi connectivity index (χ0) is 25.0. The van der Waals surface area contributed by atoms with Crippen molar-refractivity contribution in [2.75, 3.05) is 0 Å². The number of nitrogens with zero attached hydrogens (tertiary/aromatic N) is 3. The van der Waals surface area contributed by atoms with Crippen LogP contribution in [0.25, 0.3) is 56.4 Å². The van der Waals surface area contributed by atoms with E-state index in [1.54, 1.807) is 6.07 Å². The Morgan fingerprint density at radius 2 is 0.784 bits per heavy atom. The third kappa shape index (κ3) is 4.78. The quantitative estimate of drug-likeness (QED) is 0.249. The van der Waals surface area contributed by atoms with Crippen molar-refractivity contribution in [1.82, 2.24) is 15.0 Å². The number of rotatable bonds is 5. The first-order valence-corrected chi connectivity index (χ1v) is 12.1. The van der Waals surface area contributed by atoms with Gasteiger partial charge in [0.2, 0.25) is 0 Å². The van der Waals surface area contributed by atoms with E-state index in [0.29, 0.717) is 23.0 Å². The molecule has 0 aliphatic heterocycles. The summed E-state index contributed by atoms with van der Waals surface area (Å²) in [4.78, 5) is 14.1. The molecule has 0 saturated carbocycles. The SMILES string of the molecule is Fc1ccc(-c2cccc(-c3ccccc3)c2)cc1-c1nc(-c2ccccc2)nc(-c2ccccc2)n1. The van der Waals surface area contributed by atoms with Gasteiger partial charge in [-0.05, 0) is 40.5 Å². The molecule has 37 heavy (non-hydrogen) atoms. The van der Waals surface area contributed by atoms with Crippen LogP contribution < -0.4 is 0 Å². The van der Waals surface area contributed by atoms with Crippen molar-refractivity contribution < 1.29 is 4.39 Å². The fourth-order valence-corrected chi connectivity index (χ4v) is 4.31. The fraction of sp³-hybridized carbons (Fsp3) is 0. The molecule has 3 nitrogen and oxygen atoms in total. The molecule has 0 aliphatic carbocycles. The molecule has 0 fully saturated rings. The highest BCUT2D eigenvalue weighted by Gasteiger charge is 2.16. The minimum atomic E-state index is -0.382. The third-order valence-corrected chi connectivity index (χ3v) is 6.21. The molecule has 0 atom stereocenters. The molecule has 0 spiro atoms. The predicted octanol–water partition coefficient (Wildman–Crippen LogP) is 8.35. The third-order valence-electron chi connectivity index (χ3n) is 6.21. The van der Waals surface area contributed by atoms with E-state index >= 15 is 4.39 Å². The second-order valence-electron chi connectivity index (χ2n) is 8.68. The molecule has 6 aromatic rings. The van der Waals surface area contributed by atoms with Crippen LogP contribution >= 0.6 is 0 Å². The van der Waals surface area contributed by atoms with Crippen LogP contribution in [0, 0.1) is 5.82 Å². The lowest BCUT2D eigenvalue weighted by atomic mass is 9.97. The van der Waals surface area contributed by atoms with Crippen molar-refractivity contribution in [3.63, 3.8) is 0 Å². The monoisotopic (exact) mass is 479 g/mol. The maximum absolute atomic E-state index is 15.3. The lowest BCUT2D eigenvalue weighted by Gasteiger charge is -2.11. The highest BCUT2D eigenvalue weighted by molar-refractivity contribution is 5.76. The van der Waals surface area contributed by atoms with Crippen LogP contribution in [-0.2, 0) is 0 Å². The molecular formula is C33H22FN3. The van der Waals surface area contributed by atoms with E-state index in [-0.39, 0.29) is 5.82 Å². The summed E-state index contributed by atoms with van der Waals surface area (Å²) in [5.41, 5.74) is 6.12. The Kier molecular flexibility index (Phi) is 6.05. The van der Waals surface area contributed by atoms with E-state index in [1.807, 2.05) is 97.1 Å². The van der Waals surface area contributed by atoms with Crippen LogP contribution in [0.1, 0.15) is 0 Å². The van der Waals surface area contributed by atoms with Gasteiger partial charge in [0.05, 0.1) is 5.56 Å². The van der Waals surface area contributed by atoms with Crippen LogP contribution in [0.4, 0.5) is 4.39 Å². The molecule has 0 N–H and O–H groups in total. The molecule has 0 bridgehead atoms. The standard InChI is InChI=1S/C33H22FN3/c34-30-20-19-28(27-18-10-17-26(21-27)23-11-4-1-5-12-23)22-29(30)33-36-31(24-13-6-2-7-14-24)35-32(37-33)25-15-8-3-9-16-25/h1-22H. The summed E-state index contributed by atoms with van der Waals surface area (Å²) < 4.78 is 15.3. The van der Waals surface area contributed by atoms with E-state index in [4.69, 9.17) is 15.0 Å². The topological polar surface area (TPSA) is 38.7 Å². The molecule has 5 aromatic carbocycles. The van der Waals surface area contributed by atoms with Crippen molar-refractivity contribution in [1.29, 1.82) is 0 Å². The van der Waals surface area contributed by atoms with Gasteiger partial charge in [-0.3, -0.25) is 0 Å². The molecule has 6 rings (SSSR count). The first-order chi connectivity index (χ1) is 18.2. The number of hydrogen-bond acceptors (Lipinski definition) is 3. The first kappa shape index (κ1) is 22.5. The predicted molar refractivity (Wildman–Crippen MR) is 147 cm³/mol. The molecule has 0 amide bonds. The van der Waals surface area contributed by atoms with Gasteiger partial charge in [-0.1, -0.05) is 115 Å². The van der Waals surface area contributed by atoms with E-state index in [2.05, 4.69) is 24.3 Å². The maximum atomic E-state index is 15.3. The Balaban J connectivity index is 1.48. The summed E-state index contributed by atoms with van der Waals surface area (Å²) in [6, 6.07) is 42.9. The average molecular weight is 480 g/mol. The Morgan fingerprint density at radius 3 is 1.35 bits per heavy atom. The summed E-state index contributed by atoms with van der Waals surface area (Å²) >= 11 is 0. The lowest BCUT2D eigenvalue weighted by Crippen LogP contribution is -2.01. The minimum Gasteiger partial charge on any atom is -0.208 e. The van der Waals surface area contributed by atoms with Gasteiger partial charge in [0.15, 0.2) is 17.5 Å². The lowest BCUT2D eigenvalue weighted by molar-refractivity contribution is 0.630. The van der Waals surface area contributed by atoms with Gasteiger partial charge in [-0.2, -0.15) is 0 Å². The summed E-state index contributed by atoms with van der Waals surface area (Å²) in [5.74, 6) is 0.916. The van der Waals surface area contributed by atoms with Crippen molar-refractivity contribution in [2.45, 2.75) is 0 Å². The van der Waals surface area contributed by atoms with E-state index in [0.717, 1.165) is 33.4 Å². The first-order valence-electron chi connectivity index (χ1n) is 12.1. The number of aromatic nitrogens is 3. The largest absolute Gasteiger partial charge is 0.208 e. The van der Waals surface area contributed by atoms with Crippen molar-refractivity contribution in [2.24, 2.45) is 0 Å². The van der Waals surface area contributed by atoms with Gasteiger partial charge in [-0.15, -0.1) is 0 Å². The molecule has 4 heteroatoms. The summed E-state index contributed by atoms with van der Waals surface area (Å²) in [7, 11) is 0. The highest BCUT2D eigenvalue weighted by atomic mass is 19.1. The van der Waals surface area contributed by atoms with Crippen LogP contribution in [0.2, 0.25) is 0 Å². The Hall–Kier alpha value is -4.96. The molecular weight excluding hydrogens is 457 g/mol. The van der Waals surface area contributed by atoms with Crippen LogP contribution in [-0.4, -0.2) is 15.0 Å². The smallest absolute Gasteiger partial charge is 0.167 e. The van der Waals surface area contributed by atoms with E-state index in [9.17, 15) is 0 Å². The molecule has 1 heterocycles. The molecule has 0 aliphatic rings. The maximum Gasteiger partial charge on any atom is 0.167 e. The van der Waals surface area contributed by atoms with Crippen molar-refractivity contribution in [3.05, 3.63) is 139 Å². The van der Waals surface area contributed by atoms with Crippen LogP contribution in [0.5, 0.6) is 0 Å². The van der Waals surface area contributed by atoms with Crippen molar-refractivity contribution in [3.8, 4) is 56.4 Å². The second kappa shape index (κ2) is 9.96. The molecule has 0 unspecified atom stereocenters. The molecule has 1 aromatic heterocycles. The Labute approximate surface area is 215 Å². The van der Waals surface area contributed by atoms with Gasteiger partial charge in [0.1, 0.15) is 5.82 Å². The minimum absolute atomic E-state index is 0.297. The Bertz CT molecular complexity index is 1610. The summed E-state index contributed by atoms with van der Waals surface area (Å²) in [6.45, 7) is 0. The van der Waals surface area contributed by atoms with Gasteiger partial charge in [-0.25, -0.2) is 19.3 Å². The molecule has 0 radical (unpaired) electrons. The molecule has 0 saturated heterocycles. The number of benzene rings is 5. The zero-order valence-electron chi connectivity index (χ0n) is 19.9. The number of hydrogen-bond donors (Lipinski definition) is 0. The fourth-order valence-electron chi connectivity index (χ4n) is 4.31.